The minimum atomic E-state index is -4.16. The quantitative estimate of drug-likeness (QED) is 0.117. The number of nitrogens with one attached hydrogen (secondary N) is 3. The van der Waals surface area contributed by atoms with Crippen LogP contribution in [-0.2, 0) is 31.6 Å². The van der Waals surface area contributed by atoms with Gasteiger partial charge in [-0.3, -0.25) is 38.8 Å². The molecule has 1 unspecified atom stereocenters. The van der Waals surface area contributed by atoms with Crippen LogP contribution in [0.4, 0.5) is 20.4 Å². The molecule has 66 heavy (non-hydrogen) atoms. The second kappa shape index (κ2) is 17.9. The van der Waals surface area contributed by atoms with Crippen LogP contribution in [-0.4, -0.2) is 135 Å². The predicted octanol–water partition coefficient (Wildman–Crippen LogP) is 4.07. The lowest BCUT2D eigenvalue weighted by Crippen LogP contribution is -2.52. The Kier molecular flexibility index (Phi) is 12.1. The number of nitrogens with zero attached hydrogens (tertiary/aromatic N) is 9. The summed E-state index contributed by atoms with van der Waals surface area (Å²) in [6.45, 7) is 5.73. The van der Waals surface area contributed by atoms with Gasteiger partial charge in [0.15, 0.2) is 5.82 Å². The van der Waals surface area contributed by atoms with E-state index in [4.69, 9.17) is 0 Å². The van der Waals surface area contributed by atoms with Gasteiger partial charge in [-0.25, -0.2) is 23.7 Å². The number of hydrogen-bond donors (Lipinski definition) is 3. The van der Waals surface area contributed by atoms with Gasteiger partial charge in [0.25, 0.3) is 0 Å². The van der Waals surface area contributed by atoms with E-state index in [0.29, 0.717) is 79.9 Å². The highest BCUT2D eigenvalue weighted by Crippen LogP contribution is 2.35. The minimum absolute atomic E-state index is 0.0687. The van der Waals surface area contributed by atoms with Crippen molar-refractivity contribution in [3.8, 4) is 11.1 Å². The van der Waals surface area contributed by atoms with E-state index in [1.807, 2.05) is 27.6 Å². The zero-order valence-corrected chi connectivity index (χ0v) is 37.4. The number of aromatic amines is 1. The number of pyridine rings is 1. The van der Waals surface area contributed by atoms with Gasteiger partial charge in [0, 0.05) is 105 Å². The lowest BCUT2D eigenvalue weighted by Gasteiger charge is -2.37. The van der Waals surface area contributed by atoms with Gasteiger partial charge < -0.3 is 14.8 Å². The van der Waals surface area contributed by atoms with Crippen molar-refractivity contribution in [2.45, 2.75) is 44.4 Å². The van der Waals surface area contributed by atoms with Gasteiger partial charge in [-0.1, -0.05) is 19.1 Å². The molecule has 0 bridgehead atoms. The van der Waals surface area contributed by atoms with Crippen LogP contribution in [0.5, 0.6) is 0 Å². The van der Waals surface area contributed by atoms with Crippen LogP contribution in [0.1, 0.15) is 71.6 Å². The number of piperazine rings is 1. The van der Waals surface area contributed by atoms with E-state index in [9.17, 15) is 27.6 Å². The molecule has 3 N–H and O–H groups in total. The number of H-pyrrole nitrogens is 1. The predicted molar refractivity (Wildman–Crippen MR) is 241 cm³/mol. The normalized spacial score (nSPS) is 17.8. The van der Waals surface area contributed by atoms with Crippen molar-refractivity contribution in [3.05, 3.63) is 95.2 Å². The zero-order chi connectivity index (χ0) is 46.4. The molecule has 0 saturated carbocycles. The number of imide groups is 1. The number of piperidine rings is 2. The molecule has 3 aliphatic heterocycles. The molecule has 9 rings (SSSR count). The number of carbonyl (C=O) groups excluding carboxylic acids is 4. The molecule has 3 saturated heterocycles. The van der Waals surface area contributed by atoms with Gasteiger partial charge >= 0.3 is 10.2 Å². The number of rotatable bonds is 12. The largest absolute Gasteiger partial charge is 0.345 e. The van der Waals surface area contributed by atoms with E-state index in [0.717, 1.165) is 53.3 Å². The fourth-order valence-electron chi connectivity index (χ4n) is 8.98. The Morgan fingerprint density at radius 2 is 1.64 bits per heavy atom. The molecule has 0 radical (unpaired) electrons. The van der Waals surface area contributed by atoms with Crippen LogP contribution in [0, 0.1) is 11.6 Å². The number of hydrogen-bond acceptors (Lipinski definition) is 12. The van der Waals surface area contributed by atoms with Gasteiger partial charge in [0.1, 0.15) is 11.5 Å². The van der Waals surface area contributed by atoms with Gasteiger partial charge in [0.2, 0.25) is 29.5 Å². The first-order valence-corrected chi connectivity index (χ1v) is 23.2. The lowest BCUT2D eigenvalue weighted by molar-refractivity contribution is -0.134. The number of aromatic nitrogens is 6. The highest BCUT2D eigenvalue weighted by molar-refractivity contribution is 7.90. The summed E-state index contributed by atoms with van der Waals surface area (Å²) in [6, 6.07) is 9.70. The summed E-state index contributed by atoms with van der Waals surface area (Å²) in [6.07, 6.45) is 8.66. The smallest absolute Gasteiger partial charge is 0.301 e. The number of carbonyl (C=O) groups is 4. The summed E-state index contributed by atoms with van der Waals surface area (Å²) < 4.78 is 60.6. The standard InChI is InChI=1S/C45H48F2N12O6S/c1-4-55(2)66(64,65)54-35-9-8-34(46)39(40(35)47)42(62)33-24-49-43-32(33)19-28(21-48-43)29-22-50-45(51-23-29)59-17-15-58(16-18-59)38(61)25-57-13-11-26(12-14-57)27-5-6-30-36(20-27)56(3)53-41(30)31-7-10-37(60)52-44(31)63/h5-6,8-9,19-24,26,31,54H,4,7,10-18,25H2,1-3H3,(H,48,49)(H,52,60,63). The Balaban J connectivity index is 0.787. The van der Waals surface area contributed by atoms with Crippen molar-refractivity contribution in [1.29, 1.82) is 0 Å². The number of halogens is 2. The van der Waals surface area contributed by atoms with Crippen molar-refractivity contribution >= 4 is 67.3 Å². The summed E-state index contributed by atoms with van der Waals surface area (Å²) in [4.78, 5) is 73.9. The van der Waals surface area contributed by atoms with Crippen molar-refractivity contribution in [2.75, 3.05) is 69.0 Å². The summed E-state index contributed by atoms with van der Waals surface area (Å²) in [5.74, 6) is -3.61. The van der Waals surface area contributed by atoms with Crippen LogP contribution >= 0.6 is 0 Å². The van der Waals surface area contributed by atoms with Crippen LogP contribution in [0.3, 0.4) is 0 Å². The van der Waals surface area contributed by atoms with Crippen molar-refractivity contribution in [2.24, 2.45) is 7.05 Å². The average Bonchev–Trinajstić information content (AvgIpc) is 3.90. The van der Waals surface area contributed by atoms with Crippen molar-refractivity contribution in [3.63, 3.8) is 0 Å². The minimum Gasteiger partial charge on any atom is -0.345 e. The maximum Gasteiger partial charge on any atom is 0.301 e. The Bertz CT molecular complexity index is 3000. The molecule has 344 valence electrons. The Morgan fingerprint density at radius 3 is 2.35 bits per heavy atom. The molecular formula is C45H48F2N12O6S. The molecule has 1 atom stereocenters. The Morgan fingerprint density at radius 1 is 0.909 bits per heavy atom. The molecule has 6 aromatic rings. The second-order valence-corrected chi connectivity index (χ2v) is 18.7. The fraction of sp³-hybridized carbons (Fsp3) is 0.378. The fourth-order valence-corrected chi connectivity index (χ4v) is 9.91. The maximum atomic E-state index is 15.6. The monoisotopic (exact) mass is 922 g/mol. The van der Waals surface area contributed by atoms with Crippen LogP contribution in [0.25, 0.3) is 33.1 Å². The molecule has 0 aliphatic carbocycles. The third-order valence-corrected chi connectivity index (χ3v) is 14.5. The molecule has 3 aliphatic rings. The van der Waals surface area contributed by atoms with E-state index in [1.54, 1.807) is 31.6 Å². The van der Waals surface area contributed by atoms with E-state index < -0.39 is 44.8 Å². The maximum absolute atomic E-state index is 15.6. The third kappa shape index (κ3) is 8.60. The summed E-state index contributed by atoms with van der Waals surface area (Å²) in [7, 11) is -0.989. The third-order valence-electron chi connectivity index (χ3n) is 13.0. The number of amides is 3. The SMILES string of the molecule is CCN(C)S(=O)(=O)Nc1ccc(F)c(C(=O)c2c[nH]c3ncc(-c4cnc(N5CCN(C(=O)CN6CCC(c7ccc8c(C9CCC(=O)NC9=O)nn(C)c8c7)CC6)CC5)nc4)cc23)c1F. The molecule has 21 heteroatoms. The Hall–Kier alpha value is -6.71. The zero-order valence-electron chi connectivity index (χ0n) is 36.6. The molecule has 7 heterocycles. The average molecular weight is 923 g/mol. The number of ketones is 1. The van der Waals surface area contributed by atoms with Gasteiger partial charge in [-0.15, -0.1) is 0 Å². The number of fused-ring (bicyclic) bond motifs is 2. The number of likely N-dealkylation sites (tertiary alicyclic amines) is 1. The number of anilines is 2. The summed E-state index contributed by atoms with van der Waals surface area (Å²) >= 11 is 0. The van der Waals surface area contributed by atoms with Crippen molar-refractivity contribution < 1.29 is 36.4 Å². The molecule has 2 aromatic carbocycles. The van der Waals surface area contributed by atoms with E-state index in [2.05, 4.69) is 52.1 Å². The molecule has 4 aromatic heterocycles. The first-order chi connectivity index (χ1) is 31.7. The van der Waals surface area contributed by atoms with Crippen LogP contribution in [0.15, 0.2) is 61.2 Å². The van der Waals surface area contributed by atoms with Crippen molar-refractivity contribution in [1.82, 2.24) is 49.1 Å². The molecule has 3 amide bonds. The summed E-state index contributed by atoms with van der Waals surface area (Å²) in [5.41, 5.74) is 2.72. The molecular weight excluding hydrogens is 875 g/mol. The lowest BCUT2D eigenvalue weighted by atomic mass is 9.88. The number of benzene rings is 2. The van der Waals surface area contributed by atoms with Gasteiger partial charge in [0.05, 0.1) is 34.9 Å². The highest BCUT2D eigenvalue weighted by atomic mass is 32.2. The second-order valence-electron chi connectivity index (χ2n) is 16.9. The molecule has 18 nitrogen and oxygen atoms in total. The molecule has 0 spiro atoms. The number of aryl methyl sites for hydroxylation is 1. The van der Waals surface area contributed by atoms with E-state index in [-0.39, 0.29) is 35.2 Å². The molecule has 3 fully saturated rings. The van der Waals surface area contributed by atoms with Gasteiger partial charge in [-0.2, -0.15) is 17.8 Å². The van der Waals surface area contributed by atoms with Gasteiger partial charge in [-0.05, 0) is 68.1 Å². The van der Waals surface area contributed by atoms with E-state index in [1.165, 1.54) is 18.8 Å². The van der Waals surface area contributed by atoms with Crippen LogP contribution < -0.4 is 14.9 Å². The first kappa shape index (κ1) is 44.5. The Labute approximate surface area is 378 Å². The summed E-state index contributed by atoms with van der Waals surface area (Å²) in [5, 5.41) is 8.33. The highest BCUT2D eigenvalue weighted by Gasteiger charge is 2.33. The topological polar surface area (TPSA) is 212 Å². The first-order valence-electron chi connectivity index (χ1n) is 21.8. The van der Waals surface area contributed by atoms with Crippen LogP contribution in [0.2, 0.25) is 0 Å². The van der Waals surface area contributed by atoms with E-state index >= 15 is 8.78 Å².